The van der Waals surface area contributed by atoms with Crippen LogP contribution in [-0.4, -0.2) is 17.2 Å². The predicted molar refractivity (Wildman–Crippen MR) is 85.2 cm³/mol. The number of guanidine groups is 1. The Hall–Kier alpha value is -3.07. The maximum Gasteiger partial charge on any atom is 0.212 e. The molecule has 112 valence electrons. The Kier molecular flexibility index (Phi) is 5.76. The third-order valence-electron chi connectivity index (χ3n) is 2.76. The van der Waals surface area contributed by atoms with E-state index in [1.54, 1.807) is 24.5 Å². The molecule has 0 aliphatic heterocycles. The fourth-order valence-corrected chi connectivity index (χ4v) is 1.72. The van der Waals surface area contributed by atoms with Crippen molar-refractivity contribution >= 4 is 11.6 Å². The lowest BCUT2D eigenvalue weighted by Crippen LogP contribution is -2.30. The van der Waals surface area contributed by atoms with Crippen molar-refractivity contribution in [2.45, 2.75) is 19.6 Å². The van der Waals surface area contributed by atoms with Crippen LogP contribution >= 0.6 is 0 Å². The molecule has 0 bridgehead atoms. The first-order chi connectivity index (χ1) is 10.8. The number of ether oxygens (including phenoxy) is 1. The van der Waals surface area contributed by atoms with Crippen molar-refractivity contribution in [3.8, 4) is 11.9 Å². The first-order valence-corrected chi connectivity index (χ1v) is 6.93. The number of benzene rings is 1. The predicted octanol–water partition coefficient (Wildman–Crippen LogP) is 2.74. The average molecular weight is 295 g/mol. The van der Waals surface area contributed by atoms with E-state index in [0.29, 0.717) is 12.4 Å². The van der Waals surface area contributed by atoms with Crippen LogP contribution in [0.25, 0.3) is 0 Å². The second-order valence-electron chi connectivity index (χ2n) is 4.37. The Bertz CT molecular complexity index is 637. The van der Waals surface area contributed by atoms with Crippen molar-refractivity contribution in [3.05, 3.63) is 54.9 Å². The molecule has 0 aliphatic carbocycles. The second-order valence-corrected chi connectivity index (χ2v) is 4.37. The van der Waals surface area contributed by atoms with Gasteiger partial charge in [0.1, 0.15) is 5.75 Å². The molecule has 1 aromatic heterocycles. The van der Waals surface area contributed by atoms with E-state index in [2.05, 4.69) is 20.6 Å². The summed E-state index contributed by atoms with van der Waals surface area (Å²) in [6, 6.07) is 13.0. The van der Waals surface area contributed by atoms with Crippen LogP contribution < -0.4 is 15.4 Å². The number of aliphatic imine (C=N–C) groups is 1. The molecule has 2 rings (SSSR count). The highest BCUT2D eigenvalue weighted by atomic mass is 16.5. The van der Waals surface area contributed by atoms with Crippen molar-refractivity contribution in [3.63, 3.8) is 0 Å². The molecule has 1 heterocycles. The van der Waals surface area contributed by atoms with Crippen LogP contribution in [0.5, 0.6) is 5.75 Å². The number of para-hydroxylation sites is 1. The van der Waals surface area contributed by atoms with Crippen LogP contribution in [0.1, 0.15) is 13.3 Å². The number of rotatable bonds is 5. The van der Waals surface area contributed by atoms with E-state index in [0.717, 1.165) is 11.4 Å². The van der Waals surface area contributed by atoms with Gasteiger partial charge in [0, 0.05) is 24.5 Å². The molecular weight excluding hydrogens is 278 g/mol. The fraction of sp³-hybridized carbons (Fsp3) is 0.188. The molecule has 1 unspecified atom stereocenters. The number of hydrogen-bond acceptors (Lipinski definition) is 4. The van der Waals surface area contributed by atoms with E-state index in [4.69, 9.17) is 10.00 Å². The largest absolute Gasteiger partial charge is 0.469 e. The molecule has 0 spiro atoms. The number of anilines is 1. The molecule has 2 N–H and O–H groups in total. The van der Waals surface area contributed by atoms with E-state index in [1.165, 1.54) is 0 Å². The fourth-order valence-electron chi connectivity index (χ4n) is 1.72. The van der Waals surface area contributed by atoms with Crippen molar-refractivity contribution in [1.29, 1.82) is 5.26 Å². The van der Waals surface area contributed by atoms with Gasteiger partial charge in [0.15, 0.2) is 12.4 Å². The Labute approximate surface area is 129 Å². The van der Waals surface area contributed by atoms with Crippen molar-refractivity contribution in [1.82, 2.24) is 10.3 Å². The zero-order valence-electron chi connectivity index (χ0n) is 12.2. The molecule has 1 aromatic carbocycles. The van der Waals surface area contributed by atoms with Gasteiger partial charge in [0.05, 0.1) is 0 Å². The molecule has 0 fully saturated rings. The monoisotopic (exact) mass is 295 g/mol. The minimum atomic E-state index is -0.396. The van der Waals surface area contributed by atoms with Crippen LogP contribution in [0.2, 0.25) is 0 Å². The lowest BCUT2D eigenvalue weighted by Gasteiger charge is -2.15. The molecule has 6 nitrogen and oxygen atoms in total. The van der Waals surface area contributed by atoms with Gasteiger partial charge in [-0.1, -0.05) is 25.1 Å². The SMILES string of the molecule is CCC(N=C(NC#N)Nc1ccncc1)Oc1ccccc1. The minimum Gasteiger partial charge on any atom is -0.469 e. The topological polar surface area (TPSA) is 82.3 Å². The molecule has 0 aliphatic rings. The average Bonchev–Trinajstić information content (AvgIpc) is 2.56. The zero-order chi connectivity index (χ0) is 15.6. The number of nitrogens with zero attached hydrogens (tertiary/aromatic N) is 3. The van der Waals surface area contributed by atoms with Gasteiger partial charge in [-0.2, -0.15) is 5.26 Å². The van der Waals surface area contributed by atoms with Crippen LogP contribution in [-0.2, 0) is 0 Å². The standard InChI is InChI=1S/C16H17N5O/c1-2-15(22-14-6-4-3-5-7-14)21-16(19-12-17)20-13-8-10-18-11-9-13/h3-11,15H,2H2,1H3,(H2,18,19,20,21). The summed E-state index contributed by atoms with van der Waals surface area (Å²) in [7, 11) is 0. The first kappa shape index (κ1) is 15.3. The van der Waals surface area contributed by atoms with Gasteiger partial charge in [-0.15, -0.1) is 0 Å². The Balaban J connectivity index is 2.10. The molecular formula is C16H17N5O. The molecule has 1 atom stereocenters. The summed E-state index contributed by atoms with van der Waals surface area (Å²) in [4.78, 5) is 8.35. The van der Waals surface area contributed by atoms with E-state index in [1.807, 2.05) is 43.4 Å². The lowest BCUT2D eigenvalue weighted by atomic mass is 10.3. The van der Waals surface area contributed by atoms with E-state index in [9.17, 15) is 0 Å². The summed E-state index contributed by atoms with van der Waals surface area (Å²) in [5.74, 6) is 1.06. The highest BCUT2D eigenvalue weighted by molar-refractivity contribution is 5.94. The molecule has 6 heteroatoms. The third-order valence-corrected chi connectivity index (χ3v) is 2.76. The van der Waals surface area contributed by atoms with Crippen molar-refractivity contribution in [2.75, 3.05) is 5.32 Å². The summed E-state index contributed by atoms with van der Waals surface area (Å²) in [6.07, 6.45) is 5.46. The van der Waals surface area contributed by atoms with Crippen LogP contribution in [0.3, 0.4) is 0 Å². The Morgan fingerprint density at radius 3 is 2.64 bits per heavy atom. The van der Waals surface area contributed by atoms with Crippen molar-refractivity contribution in [2.24, 2.45) is 4.99 Å². The van der Waals surface area contributed by atoms with E-state index in [-0.39, 0.29) is 0 Å². The van der Waals surface area contributed by atoms with Gasteiger partial charge in [-0.3, -0.25) is 10.3 Å². The van der Waals surface area contributed by atoms with Gasteiger partial charge in [0.25, 0.3) is 0 Å². The summed E-state index contributed by atoms with van der Waals surface area (Å²) < 4.78 is 5.79. The Morgan fingerprint density at radius 2 is 2.00 bits per heavy atom. The van der Waals surface area contributed by atoms with Crippen LogP contribution in [0.4, 0.5) is 5.69 Å². The number of hydrogen-bond donors (Lipinski definition) is 2. The molecule has 22 heavy (non-hydrogen) atoms. The highest BCUT2D eigenvalue weighted by Crippen LogP contribution is 2.13. The third kappa shape index (κ3) is 4.80. The van der Waals surface area contributed by atoms with Gasteiger partial charge in [0.2, 0.25) is 5.96 Å². The molecule has 2 aromatic rings. The van der Waals surface area contributed by atoms with Gasteiger partial charge < -0.3 is 10.1 Å². The lowest BCUT2D eigenvalue weighted by molar-refractivity contribution is 0.207. The number of pyridine rings is 1. The van der Waals surface area contributed by atoms with Crippen molar-refractivity contribution < 1.29 is 4.74 Å². The van der Waals surface area contributed by atoms with Gasteiger partial charge in [-0.05, 0) is 24.3 Å². The number of nitrogens with one attached hydrogen (secondary N) is 2. The van der Waals surface area contributed by atoms with Gasteiger partial charge >= 0.3 is 0 Å². The molecule has 0 amide bonds. The molecule has 0 saturated carbocycles. The number of aromatic nitrogens is 1. The Morgan fingerprint density at radius 1 is 1.27 bits per heavy atom. The van der Waals surface area contributed by atoms with Crippen LogP contribution in [0, 0.1) is 11.5 Å². The summed E-state index contributed by atoms with van der Waals surface area (Å²) >= 11 is 0. The first-order valence-electron chi connectivity index (χ1n) is 6.93. The van der Waals surface area contributed by atoms with Crippen LogP contribution in [0.15, 0.2) is 59.9 Å². The summed E-state index contributed by atoms with van der Waals surface area (Å²) in [6.45, 7) is 1.97. The second kappa shape index (κ2) is 8.27. The zero-order valence-corrected chi connectivity index (χ0v) is 12.2. The quantitative estimate of drug-likeness (QED) is 0.383. The normalized spacial score (nSPS) is 12.1. The summed E-state index contributed by atoms with van der Waals surface area (Å²) in [5, 5.41) is 14.4. The summed E-state index contributed by atoms with van der Waals surface area (Å²) in [5.41, 5.74) is 0.783. The van der Waals surface area contributed by atoms with Gasteiger partial charge in [-0.25, -0.2) is 4.99 Å². The number of nitriles is 1. The minimum absolute atomic E-state index is 0.330. The van der Waals surface area contributed by atoms with E-state index >= 15 is 0 Å². The maximum atomic E-state index is 8.85. The van der Waals surface area contributed by atoms with E-state index < -0.39 is 6.23 Å². The maximum absolute atomic E-state index is 8.85. The molecule has 0 saturated heterocycles. The highest BCUT2D eigenvalue weighted by Gasteiger charge is 2.08. The smallest absolute Gasteiger partial charge is 0.212 e. The molecule has 0 radical (unpaired) electrons.